The molecule has 0 N–H and O–H groups in total. The maximum absolute atomic E-state index is 12.7. The summed E-state index contributed by atoms with van der Waals surface area (Å²) < 4.78 is 26.9. The van der Waals surface area contributed by atoms with Crippen LogP contribution in [0, 0.1) is 10.1 Å². The Morgan fingerprint density at radius 3 is 2.59 bits per heavy atom. The third-order valence-electron chi connectivity index (χ3n) is 4.05. The molecule has 0 saturated heterocycles. The van der Waals surface area contributed by atoms with E-state index in [1.54, 1.807) is 12.1 Å². The van der Waals surface area contributed by atoms with E-state index >= 15 is 0 Å². The number of nitrogens with zero attached hydrogens (tertiary/aromatic N) is 4. The van der Waals surface area contributed by atoms with Crippen LogP contribution in [0.3, 0.4) is 0 Å². The van der Waals surface area contributed by atoms with E-state index in [9.17, 15) is 23.3 Å². The van der Waals surface area contributed by atoms with Gasteiger partial charge in [-0.1, -0.05) is 12.1 Å². The molecule has 0 amide bonds. The van der Waals surface area contributed by atoms with Crippen LogP contribution in [0.15, 0.2) is 58.5 Å². The van der Waals surface area contributed by atoms with Crippen molar-refractivity contribution in [1.82, 2.24) is 13.9 Å². The van der Waals surface area contributed by atoms with E-state index in [0.29, 0.717) is 11.1 Å². The average Bonchev–Trinajstić information content (AvgIpc) is 2.64. The first-order valence-corrected chi connectivity index (χ1v) is 9.29. The zero-order valence-corrected chi connectivity index (χ0v) is 15.4. The van der Waals surface area contributed by atoms with Crippen LogP contribution >= 0.6 is 0 Å². The van der Waals surface area contributed by atoms with Crippen molar-refractivity contribution in [1.29, 1.82) is 0 Å². The number of nitro groups is 1. The van der Waals surface area contributed by atoms with Crippen LogP contribution in [0.4, 0.5) is 5.69 Å². The van der Waals surface area contributed by atoms with Gasteiger partial charge in [0.2, 0.25) is 10.0 Å². The van der Waals surface area contributed by atoms with E-state index in [-0.39, 0.29) is 22.5 Å². The molecule has 0 bridgehead atoms. The fraction of sp³-hybridized carbons (Fsp3) is 0.176. The maximum atomic E-state index is 12.7. The Bertz CT molecular complexity index is 1200. The minimum Gasteiger partial charge on any atom is -0.294 e. The second kappa shape index (κ2) is 6.89. The Kier molecular flexibility index (Phi) is 4.77. The molecule has 3 rings (SSSR count). The van der Waals surface area contributed by atoms with Crippen molar-refractivity contribution in [3.63, 3.8) is 0 Å². The summed E-state index contributed by atoms with van der Waals surface area (Å²) in [5, 5.41) is 11.1. The molecule has 0 aliphatic rings. The topological polar surface area (TPSA) is 115 Å². The lowest BCUT2D eigenvalue weighted by Crippen LogP contribution is -2.23. The number of nitro benzene ring substituents is 1. The van der Waals surface area contributed by atoms with Crippen molar-refractivity contribution in [3.8, 4) is 0 Å². The Hall–Kier alpha value is -3.11. The van der Waals surface area contributed by atoms with E-state index in [1.807, 2.05) is 0 Å². The van der Waals surface area contributed by atoms with Crippen LogP contribution in [0.2, 0.25) is 0 Å². The third-order valence-corrected chi connectivity index (χ3v) is 5.86. The molecule has 0 spiro atoms. The summed E-state index contributed by atoms with van der Waals surface area (Å²) in [7, 11) is -0.722. The third kappa shape index (κ3) is 3.57. The smallest absolute Gasteiger partial charge is 0.270 e. The Morgan fingerprint density at radius 2 is 1.93 bits per heavy atom. The molecule has 1 aromatic heterocycles. The first kappa shape index (κ1) is 18.7. The summed E-state index contributed by atoms with van der Waals surface area (Å²) in [6.45, 7) is 0.0846. The molecule has 0 atom stereocenters. The largest absolute Gasteiger partial charge is 0.294 e. The minimum absolute atomic E-state index is 0.0846. The fourth-order valence-corrected chi connectivity index (χ4v) is 3.56. The number of fused-ring (bicyclic) bond motifs is 1. The molecule has 27 heavy (non-hydrogen) atoms. The predicted molar refractivity (Wildman–Crippen MR) is 99.1 cm³/mol. The molecule has 0 radical (unpaired) electrons. The number of hydrogen-bond donors (Lipinski definition) is 0. The van der Waals surface area contributed by atoms with Gasteiger partial charge in [0, 0.05) is 26.2 Å². The van der Waals surface area contributed by atoms with Gasteiger partial charge in [0.05, 0.1) is 33.6 Å². The number of aromatic nitrogens is 2. The van der Waals surface area contributed by atoms with Crippen molar-refractivity contribution in [2.45, 2.75) is 11.4 Å². The summed E-state index contributed by atoms with van der Waals surface area (Å²) in [5.41, 5.74) is 0.306. The van der Waals surface area contributed by atoms with Crippen LogP contribution in [0.5, 0.6) is 0 Å². The highest BCUT2D eigenvalue weighted by molar-refractivity contribution is 7.89. The fourth-order valence-electron chi connectivity index (χ4n) is 2.58. The summed E-state index contributed by atoms with van der Waals surface area (Å²) in [6, 6.07) is 10.1. The van der Waals surface area contributed by atoms with Gasteiger partial charge in [-0.3, -0.25) is 19.5 Å². The van der Waals surface area contributed by atoms with Crippen molar-refractivity contribution in [3.05, 3.63) is 74.8 Å². The molecule has 140 valence electrons. The van der Waals surface area contributed by atoms with Gasteiger partial charge in [0.15, 0.2) is 0 Å². The predicted octanol–water partition coefficient (Wildman–Crippen LogP) is 1.60. The zero-order valence-electron chi connectivity index (χ0n) is 14.6. The van der Waals surface area contributed by atoms with Gasteiger partial charge in [-0.05, 0) is 23.8 Å². The van der Waals surface area contributed by atoms with Crippen molar-refractivity contribution >= 4 is 26.6 Å². The Labute approximate surface area is 154 Å². The monoisotopic (exact) mass is 388 g/mol. The molecule has 0 saturated carbocycles. The molecular formula is C17H16N4O5S. The second-order valence-corrected chi connectivity index (χ2v) is 8.22. The average molecular weight is 388 g/mol. The lowest BCUT2D eigenvalue weighted by atomic mass is 10.2. The second-order valence-electron chi connectivity index (χ2n) is 6.07. The molecular weight excluding hydrogens is 372 g/mol. The summed E-state index contributed by atoms with van der Waals surface area (Å²) in [4.78, 5) is 27.3. The normalized spacial score (nSPS) is 11.8. The van der Waals surface area contributed by atoms with Crippen molar-refractivity contribution in [2.24, 2.45) is 0 Å². The lowest BCUT2D eigenvalue weighted by molar-refractivity contribution is -0.384. The molecule has 1 heterocycles. The first-order valence-electron chi connectivity index (χ1n) is 7.85. The van der Waals surface area contributed by atoms with Gasteiger partial charge in [0.1, 0.15) is 0 Å². The van der Waals surface area contributed by atoms with Crippen LogP contribution in [-0.2, 0) is 16.6 Å². The van der Waals surface area contributed by atoms with Gasteiger partial charge in [-0.15, -0.1) is 0 Å². The van der Waals surface area contributed by atoms with Crippen molar-refractivity contribution in [2.75, 3.05) is 14.1 Å². The summed E-state index contributed by atoms with van der Waals surface area (Å²) in [5.74, 6) is 0. The quantitative estimate of drug-likeness (QED) is 0.484. The van der Waals surface area contributed by atoms with E-state index < -0.39 is 20.5 Å². The van der Waals surface area contributed by atoms with Crippen LogP contribution < -0.4 is 5.56 Å². The van der Waals surface area contributed by atoms with Gasteiger partial charge in [-0.2, -0.15) is 0 Å². The highest BCUT2D eigenvalue weighted by Gasteiger charge is 2.17. The summed E-state index contributed by atoms with van der Waals surface area (Å²) >= 11 is 0. The number of benzene rings is 2. The highest BCUT2D eigenvalue weighted by atomic mass is 32.2. The molecule has 3 aromatic rings. The Balaban J connectivity index is 2.04. The van der Waals surface area contributed by atoms with E-state index in [2.05, 4.69) is 4.98 Å². The number of hydrogen-bond acceptors (Lipinski definition) is 6. The van der Waals surface area contributed by atoms with Crippen LogP contribution in [0.25, 0.3) is 10.9 Å². The molecule has 0 fully saturated rings. The highest BCUT2D eigenvalue weighted by Crippen LogP contribution is 2.18. The zero-order chi connectivity index (χ0) is 19.8. The van der Waals surface area contributed by atoms with Crippen molar-refractivity contribution < 1.29 is 13.3 Å². The minimum atomic E-state index is -3.60. The van der Waals surface area contributed by atoms with Crippen LogP contribution in [-0.4, -0.2) is 41.3 Å². The van der Waals surface area contributed by atoms with E-state index in [0.717, 1.165) is 4.31 Å². The maximum Gasteiger partial charge on any atom is 0.270 e. The van der Waals surface area contributed by atoms with Gasteiger partial charge < -0.3 is 0 Å². The molecule has 0 aliphatic heterocycles. The lowest BCUT2D eigenvalue weighted by Gasteiger charge is -2.13. The van der Waals surface area contributed by atoms with E-state index in [1.165, 1.54) is 55.3 Å². The number of non-ortho nitro benzene ring substituents is 1. The van der Waals surface area contributed by atoms with Crippen LogP contribution in [0.1, 0.15) is 5.56 Å². The number of sulfonamides is 1. The van der Waals surface area contributed by atoms with Gasteiger partial charge in [-0.25, -0.2) is 17.7 Å². The molecule has 2 aromatic carbocycles. The summed E-state index contributed by atoms with van der Waals surface area (Å²) in [6.07, 6.45) is 1.34. The molecule has 9 nitrogen and oxygen atoms in total. The molecule has 10 heteroatoms. The van der Waals surface area contributed by atoms with Gasteiger partial charge in [0.25, 0.3) is 11.2 Å². The van der Waals surface area contributed by atoms with Gasteiger partial charge >= 0.3 is 0 Å². The SMILES string of the molecule is CN(C)S(=O)(=O)c1cccc(Cn2cnc3ccc([N+](=O)[O-])cc3c2=O)c1. The molecule has 0 unspecified atom stereocenters. The first-order chi connectivity index (χ1) is 12.7. The Morgan fingerprint density at radius 1 is 1.19 bits per heavy atom. The van der Waals surface area contributed by atoms with E-state index in [4.69, 9.17) is 0 Å². The standard InChI is InChI=1S/C17H16N4O5S/c1-19(2)27(25,26)14-5-3-4-12(8-14)10-20-11-18-16-7-6-13(21(23)24)9-15(16)17(20)22/h3-9,11H,10H2,1-2H3. The number of rotatable bonds is 5. The molecule has 0 aliphatic carbocycles.